The highest BCUT2D eigenvalue weighted by Gasteiger charge is 2.50. The molecule has 4 rings (SSSR count). The molecule has 0 saturated carbocycles. The van der Waals surface area contributed by atoms with Crippen molar-refractivity contribution in [3.8, 4) is 5.75 Å². The van der Waals surface area contributed by atoms with E-state index in [4.69, 9.17) is 16.3 Å². The fourth-order valence-corrected chi connectivity index (χ4v) is 4.07. The molecule has 1 spiro atoms. The average molecular weight is 373 g/mol. The predicted molar refractivity (Wildman–Crippen MR) is 98.6 cm³/mol. The normalized spacial score (nSPS) is 22.2. The molecule has 1 amide bonds. The van der Waals surface area contributed by atoms with Gasteiger partial charge in [0.1, 0.15) is 22.8 Å². The number of amides is 1. The van der Waals surface area contributed by atoms with Gasteiger partial charge in [0.05, 0.1) is 12.0 Å². The molecule has 2 heterocycles. The van der Waals surface area contributed by atoms with Gasteiger partial charge >= 0.3 is 0 Å². The minimum absolute atomic E-state index is 0.273. The van der Waals surface area contributed by atoms with E-state index >= 15 is 0 Å². The number of nitrogens with one attached hydrogen (secondary N) is 1. The number of alkyl halides is 1. The van der Waals surface area contributed by atoms with Crippen LogP contribution in [0.5, 0.6) is 5.75 Å². The van der Waals surface area contributed by atoms with Crippen LogP contribution < -0.4 is 10.1 Å². The lowest BCUT2D eigenvalue weighted by Crippen LogP contribution is -2.46. The van der Waals surface area contributed by atoms with Crippen molar-refractivity contribution in [3.63, 3.8) is 0 Å². The van der Waals surface area contributed by atoms with Gasteiger partial charge in [0.2, 0.25) is 0 Å². The molecule has 1 N–H and O–H groups in total. The second-order valence-electron chi connectivity index (χ2n) is 6.55. The van der Waals surface area contributed by atoms with E-state index in [0.717, 1.165) is 11.1 Å². The number of carbonyl (C=O) groups is 1. The maximum absolute atomic E-state index is 14.6. The van der Waals surface area contributed by atoms with E-state index in [9.17, 15) is 9.18 Å². The molecule has 26 heavy (non-hydrogen) atoms. The van der Waals surface area contributed by atoms with Crippen LogP contribution >= 0.6 is 11.6 Å². The number of fused-ring (bicyclic) bond motifs is 4. The number of benzene rings is 2. The van der Waals surface area contributed by atoms with E-state index in [-0.39, 0.29) is 5.91 Å². The van der Waals surface area contributed by atoms with Crippen LogP contribution in [-0.2, 0) is 10.2 Å². The van der Waals surface area contributed by atoms with Gasteiger partial charge in [-0.05, 0) is 30.7 Å². The van der Waals surface area contributed by atoms with Gasteiger partial charge in [-0.25, -0.2) is 4.39 Å². The Kier molecular flexibility index (Phi) is 3.99. The van der Waals surface area contributed by atoms with Crippen LogP contribution in [0, 0.1) is 5.82 Å². The van der Waals surface area contributed by atoms with Crippen molar-refractivity contribution < 1.29 is 13.9 Å². The van der Waals surface area contributed by atoms with Gasteiger partial charge in [0, 0.05) is 30.2 Å². The van der Waals surface area contributed by atoms with Gasteiger partial charge < -0.3 is 10.1 Å². The summed E-state index contributed by atoms with van der Waals surface area (Å²) < 4.78 is 20.4. The standard InChI is InChI=1S/C20H18ClFN2O2/c1-11(21)12-9-15-13(10-16(12)22)18(23-2)24-19(25)20(15)7-8-26-17-6-4-3-5-14(17)20/h3-6,9-11H,7-8H2,1-2H3,(H,23,24,25)/t11?,20-/m0/s1. The van der Waals surface area contributed by atoms with Gasteiger partial charge in [0.15, 0.2) is 0 Å². The molecule has 0 radical (unpaired) electrons. The number of carbonyl (C=O) groups excluding carboxylic acids is 1. The van der Waals surface area contributed by atoms with Crippen LogP contribution in [0.1, 0.15) is 41.0 Å². The molecule has 2 aliphatic heterocycles. The minimum Gasteiger partial charge on any atom is -0.493 e. The number of amidine groups is 1. The zero-order valence-electron chi connectivity index (χ0n) is 14.5. The van der Waals surface area contributed by atoms with Crippen LogP contribution in [-0.4, -0.2) is 25.4 Å². The lowest BCUT2D eigenvalue weighted by molar-refractivity contribution is -0.123. The van der Waals surface area contributed by atoms with Gasteiger partial charge in [-0.15, -0.1) is 11.6 Å². The highest BCUT2D eigenvalue weighted by molar-refractivity contribution is 6.20. The van der Waals surface area contributed by atoms with Crippen molar-refractivity contribution in [1.82, 2.24) is 5.32 Å². The summed E-state index contributed by atoms with van der Waals surface area (Å²) in [5.74, 6) is 0.349. The highest BCUT2D eigenvalue weighted by Crippen LogP contribution is 2.48. The number of nitrogens with zero attached hydrogens (tertiary/aromatic N) is 1. The molecular formula is C20H18ClFN2O2. The molecule has 0 aromatic heterocycles. The Morgan fingerprint density at radius 1 is 1.31 bits per heavy atom. The van der Waals surface area contributed by atoms with Crippen LogP contribution in [0.2, 0.25) is 0 Å². The van der Waals surface area contributed by atoms with Crippen molar-refractivity contribution in [2.75, 3.05) is 13.7 Å². The van der Waals surface area contributed by atoms with Crippen LogP contribution in [0.4, 0.5) is 4.39 Å². The molecule has 4 nitrogen and oxygen atoms in total. The molecule has 0 saturated heterocycles. The molecule has 2 aliphatic rings. The van der Waals surface area contributed by atoms with Crippen LogP contribution in [0.25, 0.3) is 0 Å². The Morgan fingerprint density at radius 3 is 2.81 bits per heavy atom. The summed E-state index contributed by atoms with van der Waals surface area (Å²) in [5, 5.41) is 2.40. The van der Waals surface area contributed by atoms with Gasteiger partial charge in [-0.3, -0.25) is 4.79 Å². The van der Waals surface area contributed by atoms with E-state index in [2.05, 4.69) is 10.3 Å². The summed E-state index contributed by atoms with van der Waals surface area (Å²) in [6, 6.07) is 10.6. The predicted octanol–water partition coefficient (Wildman–Crippen LogP) is 3.70. The Bertz CT molecular complexity index is 941. The number of aliphatic imine (C=N–C) groups is 1. The first-order chi connectivity index (χ1) is 12.5. The first-order valence-corrected chi connectivity index (χ1v) is 8.94. The zero-order valence-corrected chi connectivity index (χ0v) is 15.2. The number of ether oxygens (including phenoxy) is 1. The Labute approximate surface area is 156 Å². The summed E-state index contributed by atoms with van der Waals surface area (Å²) in [6.45, 7) is 2.10. The van der Waals surface area contributed by atoms with Crippen molar-refractivity contribution in [3.05, 3.63) is 64.5 Å². The maximum atomic E-state index is 14.6. The fraction of sp³-hybridized carbons (Fsp3) is 0.300. The number of para-hydroxylation sites is 1. The quantitative estimate of drug-likeness (QED) is 0.776. The molecule has 2 aromatic carbocycles. The van der Waals surface area contributed by atoms with Crippen LogP contribution in [0.15, 0.2) is 41.4 Å². The van der Waals surface area contributed by atoms with Gasteiger partial charge in [-0.2, -0.15) is 4.99 Å². The molecule has 6 heteroatoms. The zero-order chi connectivity index (χ0) is 18.5. The third kappa shape index (κ3) is 2.27. The lowest BCUT2D eigenvalue weighted by Gasteiger charge is -2.40. The van der Waals surface area contributed by atoms with Crippen LogP contribution in [0.3, 0.4) is 0 Å². The van der Waals surface area contributed by atoms with Crippen molar-refractivity contribution in [2.45, 2.75) is 24.1 Å². The number of hydrogen-bond donors (Lipinski definition) is 1. The van der Waals surface area contributed by atoms with Gasteiger partial charge in [0.25, 0.3) is 5.91 Å². The van der Waals surface area contributed by atoms with E-state index in [1.165, 1.54) is 6.07 Å². The molecule has 134 valence electrons. The second-order valence-corrected chi connectivity index (χ2v) is 7.21. The molecule has 0 fully saturated rings. The highest BCUT2D eigenvalue weighted by atomic mass is 35.5. The minimum atomic E-state index is -0.987. The molecule has 2 aromatic rings. The van der Waals surface area contributed by atoms with E-state index < -0.39 is 16.6 Å². The average Bonchev–Trinajstić information content (AvgIpc) is 2.64. The lowest BCUT2D eigenvalue weighted by atomic mass is 9.67. The van der Waals surface area contributed by atoms with Crippen molar-refractivity contribution in [2.24, 2.45) is 4.99 Å². The molecule has 2 atom stereocenters. The van der Waals surface area contributed by atoms with E-state index in [0.29, 0.717) is 35.7 Å². The molecule has 1 unspecified atom stereocenters. The first kappa shape index (κ1) is 17.0. The molecule has 0 bridgehead atoms. The monoisotopic (exact) mass is 372 g/mol. The Balaban J connectivity index is 2.07. The third-order valence-corrected chi connectivity index (χ3v) is 5.41. The van der Waals surface area contributed by atoms with E-state index in [1.807, 2.05) is 24.3 Å². The smallest absolute Gasteiger partial charge is 0.263 e. The number of rotatable bonds is 1. The maximum Gasteiger partial charge on any atom is 0.263 e. The SMILES string of the molecule is CNC1=NC(=O)[C@]2(CCOc3ccccc32)c2cc(C(C)Cl)c(F)cc21. The molecular weight excluding hydrogens is 355 g/mol. The third-order valence-electron chi connectivity index (χ3n) is 5.18. The van der Waals surface area contributed by atoms with Crippen molar-refractivity contribution >= 4 is 23.3 Å². The number of halogens is 2. The summed E-state index contributed by atoms with van der Waals surface area (Å²) in [7, 11) is 1.67. The molecule has 0 aliphatic carbocycles. The summed E-state index contributed by atoms with van der Waals surface area (Å²) in [5.41, 5.74) is 1.46. The van der Waals surface area contributed by atoms with Gasteiger partial charge in [-0.1, -0.05) is 18.2 Å². The number of hydrogen-bond acceptors (Lipinski definition) is 3. The van der Waals surface area contributed by atoms with Crippen molar-refractivity contribution in [1.29, 1.82) is 0 Å². The summed E-state index contributed by atoms with van der Waals surface area (Å²) in [6.07, 6.45) is 0.443. The summed E-state index contributed by atoms with van der Waals surface area (Å²) in [4.78, 5) is 17.5. The van der Waals surface area contributed by atoms with E-state index in [1.54, 1.807) is 20.0 Å². The second kappa shape index (κ2) is 6.09. The summed E-state index contributed by atoms with van der Waals surface area (Å²) >= 11 is 6.19. The Morgan fingerprint density at radius 2 is 2.08 bits per heavy atom. The largest absolute Gasteiger partial charge is 0.493 e. The topological polar surface area (TPSA) is 50.7 Å². The fourth-order valence-electron chi connectivity index (χ4n) is 3.90. The Hall–Kier alpha value is -2.40. The first-order valence-electron chi connectivity index (χ1n) is 8.50.